The van der Waals surface area contributed by atoms with Crippen LogP contribution in [0.5, 0.6) is 11.5 Å². The Bertz CT molecular complexity index is 721. The van der Waals surface area contributed by atoms with Crippen LogP contribution in [0.1, 0.15) is 74.2 Å². The average Bonchev–Trinajstić information content (AvgIpc) is 2.60. The van der Waals surface area contributed by atoms with E-state index < -0.39 is 11.7 Å². The fourth-order valence-corrected chi connectivity index (χ4v) is 3.39. The standard InChI is InChI=1S/C21H28O4/c1-2-3-4-5-6-7-8-9-14-17-15-12-10-11-13-16(15)18(21(24)25)20(23)19(17)22/h10-13,22-23H,2-9,14H2,1H3,(H,24,25). The highest BCUT2D eigenvalue weighted by Gasteiger charge is 2.22. The number of carboxylic acids is 1. The van der Waals surface area contributed by atoms with Gasteiger partial charge in [0.25, 0.3) is 0 Å². The molecule has 136 valence electrons. The van der Waals surface area contributed by atoms with E-state index in [4.69, 9.17) is 0 Å². The van der Waals surface area contributed by atoms with E-state index in [1.54, 1.807) is 18.2 Å². The molecule has 0 saturated heterocycles. The molecule has 2 aromatic carbocycles. The predicted octanol–water partition coefficient (Wildman–Crippen LogP) is 5.63. The Morgan fingerprint density at radius 3 is 2.00 bits per heavy atom. The molecule has 0 heterocycles. The normalized spacial score (nSPS) is 11.1. The lowest BCUT2D eigenvalue weighted by Crippen LogP contribution is -2.01. The molecule has 2 rings (SSSR count). The number of unbranched alkanes of at least 4 members (excludes halogenated alkanes) is 7. The van der Waals surface area contributed by atoms with Crippen LogP contribution in [0.3, 0.4) is 0 Å². The maximum atomic E-state index is 11.4. The molecule has 3 N–H and O–H groups in total. The monoisotopic (exact) mass is 344 g/mol. The fourth-order valence-electron chi connectivity index (χ4n) is 3.39. The van der Waals surface area contributed by atoms with Crippen LogP contribution in [0, 0.1) is 0 Å². The lowest BCUT2D eigenvalue weighted by Gasteiger charge is -2.14. The number of carbonyl (C=O) groups is 1. The second kappa shape index (κ2) is 9.30. The predicted molar refractivity (Wildman–Crippen MR) is 101 cm³/mol. The summed E-state index contributed by atoms with van der Waals surface area (Å²) >= 11 is 0. The minimum atomic E-state index is -1.23. The summed E-state index contributed by atoms with van der Waals surface area (Å²) in [6.45, 7) is 2.21. The van der Waals surface area contributed by atoms with Gasteiger partial charge in [-0.1, -0.05) is 76.1 Å². The van der Waals surface area contributed by atoms with E-state index >= 15 is 0 Å². The van der Waals surface area contributed by atoms with Crippen LogP contribution in [0.4, 0.5) is 0 Å². The van der Waals surface area contributed by atoms with Crippen LogP contribution in [-0.4, -0.2) is 21.3 Å². The van der Waals surface area contributed by atoms with Crippen molar-refractivity contribution in [1.82, 2.24) is 0 Å². The quantitative estimate of drug-likeness (QED) is 0.385. The first-order valence-corrected chi connectivity index (χ1v) is 9.26. The van der Waals surface area contributed by atoms with Crippen molar-refractivity contribution < 1.29 is 20.1 Å². The Morgan fingerprint density at radius 1 is 0.840 bits per heavy atom. The highest BCUT2D eigenvalue weighted by Crippen LogP contribution is 2.40. The third kappa shape index (κ3) is 4.65. The number of aromatic carboxylic acids is 1. The van der Waals surface area contributed by atoms with E-state index in [0.717, 1.165) is 12.8 Å². The second-order valence-electron chi connectivity index (χ2n) is 6.63. The van der Waals surface area contributed by atoms with Gasteiger partial charge < -0.3 is 15.3 Å². The Morgan fingerprint density at radius 2 is 1.40 bits per heavy atom. The molecule has 0 spiro atoms. The second-order valence-corrected chi connectivity index (χ2v) is 6.63. The van der Waals surface area contributed by atoms with E-state index in [0.29, 0.717) is 22.8 Å². The number of benzene rings is 2. The van der Waals surface area contributed by atoms with Gasteiger partial charge in [-0.2, -0.15) is 0 Å². The molecule has 2 aromatic rings. The van der Waals surface area contributed by atoms with Crippen molar-refractivity contribution in [3.8, 4) is 11.5 Å². The summed E-state index contributed by atoms with van der Waals surface area (Å²) in [6, 6.07) is 7.04. The Labute approximate surface area is 149 Å². The molecule has 25 heavy (non-hydrogen) atoms. The Balaban J connectivity index is 2.07. The van der Waals surface area contributed by atoms with Gasteiger partial charge in [0, 0.05) is 10.9 Å². The van der Waals surface area contributed by atoms with Gasteiger partial charge in [-0.15, -0.1) is 0 Å². The van der Waals surface area contributed by atoms with Crippen molar-refractivity contribution in [2.45, 2.75) is 64.7 Å². The number of phenolic OH excluding ortho intramolecular Hbond substituents is 1. The van der Waals surface area contributed by atoms with Crippen molar-refractivity contribution in [3.05, 3.63) is 35.4 Å². The summed E-state index contributed by atoms with van der Waals surface area (Å²) in [5, 5.41) is 31.0. The third-order valence-electron chi connectivity index (χ3n) is 4.76. The minimum Gasteiger partial charge on any atom is -0.504 e. The zero-order valence-corrected chi connectivity index (χ0v) is 14.9. The number of rotatable bonds is 10. The highest BCUT2D eigenvalue weighted by molar-refractivity contribution is 6.08. The van der Waals surface area contributed by atoms with Crippen molar-refractivity contribution in [2.24, 2.45) is 0 Å². The van der Waals surface area contributed by atoms with Crippen molar-refractivity contribution in [1.29, 1.82) is 0 Å². The number of hydrogen-bond donors (Lipinski definition) is 3. The molecule has 0 aromatic heterocycles. The number of phenols is 2. The summed E-state index contributed by atoms with van der Waals surface area (Å²) in [5.41, 5.74) is 0.414. The third-order valence-corrected chi connectivity index (χ3v) is 4.76. The first-order chi connectivity index (χ1) is 12.1. The number of fused-ring (bicyclic) bond motifs is 1. The molecule has 0 bridgehead atoms. The van der Waals surface area contributed by atoms with Crippen molar-refractivity contribution in [3.63, 3.8) is 0 Å². The molecular weight excluding hydrogens is 316 g/mol. The topological polar surface area (TPSA) is 77.8 Å². The van der Waals surface area contributed by atoms with Crippen molar-refractivity contribution >= 4 is 16.7 Å². The largest absolute Gasteiger partial charge is 0.504 e. The molecule has 4 nitrogen and oxygen atoms in total. The molecular formula is C21H28O4. The summed E-state index contributed by atoms with van der Waals surface area (Å²) in [7, 11) is 0. The smallest absolute Gasteiger partial charge is 0.340 e. The van der Waals surface area contributed by atoms with Gasteiger partial charge in [0.1, 0.15) is 5.56 Å². The van der Waals surface area contributed by atoms with Gasteiger partial charge in [0.2, 0.25) is 0 Å². The summed E-state index contributed by atoms with van der Waals surface area (Å²) in [4.78, 5) is 11.4. The zero-order chi connectivity index (χ0) is 18.2. The number of aromatic hydroxyl groups is 2. The molecule has 0 aliphatic carbocycles. The van der Waals surface area contributed by atoms with Crippen LogP contribution in [0.25, 0.3) is 10.8 Å². The summed E-state index contributed by atoms with van der Waals surface area (Å²) in [5.74, 6) is -2.05. The van der Waals surface area contributed by atoms with E-state index in [2.05, 4.69) is 6.92 Å². The average molecular weight is 344 g/mol. The molecule has 0 aliphatic rings. The molecule has 0 saturated carbocycles. The lowest BCUT2D eigenvalue weighted by molar-refractivity contribution is 0.0695. The van der Waals surface area contributed by atoms with Gasteiger partial charge in [-0.05, 0) is 18.2 Å². The van der Waals surface area contributed by atoms with E-state index in [-0.39, 0.29) is 11.3 Å². The first kappa shape index (κ1) is 19.1. The van der Waals surface area contributed by atoms with Gasteiger partial charge in [0.15, 0.2) is 11.5 Å². The number of carboxylic acid groups (broad SMARTS) is 1. The molecule has 0 atom stereocenters. The van der Waals surface area contributed by atoms with Gasteiger partial charge >= 0.3 is 5.97 Å². The number of aryl methyl sites for hydroxylation is 1. The number of hydrogen-bond acceptors (Lipinski definition) is 3. The fraction of sp³-hybridized carbons (Fsp3) is 0.476. The molecule has 0 fully saturated rings. The van der Waals surface area contributed by atoms with E-state index in [9.17, 15) is 20.1 Å². The minimum absolute atomic E-state index is 0.229. The van der Waals surface area contributed by atoms with E-state index in [1.165, 1.54) is 38.5 Å². The molecule has 4 heteroatoms. The lowest BCUT2D eigenvalue weighted by atomic mass is 9.94. The van der Waals surface area contributed by atoms with Crippen LogP contribution in [0.15, 0.2) is 24.3 Å². The molecule has 0 aliphatic heterocycles. The summed E-state index contributed by atoms with van der Waals surface area (Å²) in [6.07, 6.45) is 10.1. The van der Waals surface area contributed by atoms with Crippen LogP contribution in [-0.2, 0) is 6.42 Å². The van der Waals surface area contributed by atoms with E-state index in [1.807, 2.05) is 6.07 Å². The molecule has 0 amide bonds. The van der Waals surface area contributed by atoms with Crippen molar-refractivity contribution in [2.75, 3.05) is 0 Å². The maximum absolute atomic E-state index is 11.4. The van der Waals surface area contributed by atoms with Crippen LogP contribution >= 0.6 is 0 Å². The maximum Gasteiger partial charge on any atom is 0.340 e. The van der Waals surface area contributed by atoms with Gasteiger partial charge in [0.05, 0.1) is 0 Å². The van der Waals surface area contributed by atoms with Crippen LogP contribution < -0.4 is 0 Å². The first-order valence-electron chi connectivity index (χ1n) is 9.26. The Kier molecular flexibility index (Phi) is 7.11. The van der Waals surface area contributed by atoms with Gasteiger partial charge in [-0.25, -0.2) is 4.79 Å². The van der Waals surface area contributed by atoms with Crippen LogP contribution in [0.2, 0.25) is 0 Å². The SMILES string of the molecule is CCCCCCCCCCc1c(O)c(O)c(C(=O)O)c2ccccc12. The highest BCUT2D eigenvalue weighted by atomic mass is 16.4. The zero-order valence-electron chi connectivity index (χ0n) is 14.9. The molecule has 0 unspecified atom stereocenters. The Hall–Kier alpha value is -2.23. The van der Waals surface area contributed by atoms with Gasteiger partial charge in [-0.3, -0.25) is 0 Å². The summed E-state index contributed by atoms with van der Waals surface area (Å²) < 4.78 is 0. The molecule has 0 radical (unpaired) electrons.